The number of hydrogen-bond donors (Lipinski definition) is 1. The minimum Gasteiger partial charge on any atom is -0.462 e. The lowest BCUT2D eigenvalue weighted by molar-refractivity contribution is 0.0497. The van der Waals surface area contributed by atoms with Crippen LogP contribution in [-0.2, 0) is 11.2 Å². The van der Waals surface area contributed by atoms with Gasteiger partial charge in [-0.2, -0.15) is 0 Å². The number of carbonyl (C=O) groups excluding carboxylic acids is 1. The van der Waals surface area contributed by atoms with Crippen molar-refractivity contribution in [1.82, 2.24) is 0 Å². The van der Waals surface area contributed by atoms with Crippen LogP contribution in [0.4, 0.5) is 0 Å². The van der Waals surface area contributed by atoms with Gasteiger partial charge in [-0.25, -0.2) is 4.79 Å². The fraction of sp³-hybridized carbons (Fsp3) is 0.467. The molecule has 0 saturated carbocycles. The Morgan fingerprint density at radius 2 is 2.11 bits per heavy atom. The molecule has 3 nitrogen and oxygen atoms in total. The van der Waals surface area contributed by atoms with E-state index in [0.29, 0.717) is 23.6 Å². The summed E-state index contributed by atoms with van der Waals surface area (Å²) in [5, 5.41) is 0. The quantitative estimate of drug-likeness (QED) is 0.451. The molecular weight excluding hydrogens is 258 g/mol. The molecule has 0 aliphatic heterocycles. The maximum absolute atomic E-state index is 11.8. The van der Waals surface area contributed by atoms with Gasteiger partial charge in [0.2, 0.25) is 0 Å². The van der Waals surface area contributed by atoms with Crippen molar-refractivity contribution >= 4 is 23.2 Å². The second kappa shape index (κ2) is 8.64. The molecule has 4 heteroatoms. The Labute approximate surface area is 120 Å². The van der Waals surface area contributed by atoms with E-state index >= 15 is 0 Å². The molecule has 0 aromatic heterocycles. The monoisotopic (exact) mass is 279 g/mol. The first-order chi connectivity index (χ1) is 9.13. The Hall–Kier alpha value is -1.42. The van der Waals surface area contributed by atoms with Crippen LogP contribution in [0.3, 0.4) is 0 Å². The molecule has 0 amide bonds. The molecule has 0 aliphatic rings. The van der Waals surface area contributed by atoms with Crippen molar-refractivity contribution in [2.24, 2.45) is 5.73 Å². The fourth-order valence-electron chi connectivity index (χ4n) is 1.79. The SMILES string of the molecule is CCCCCCOC(=O)c1cccc(CC(N)=S)c1. The average Bonchev–Trinajstić information content (AvgIpc) is 2.38. The molecule has 1 aromatic carbocycles. The minimum absolute atomic E-state index is 0.277. The maximum Gasteiger partial charge on any atom is 0.338 e. The third-order valence-corrected chi connectivity index (χ3v) is 2.92. The zero-order valence-electron chi connectivity index (χ0n) is 11.4. The Balaban J connectivity index is 2.45. The molecule has 0 radical (unpaired) electrons. The zero-order valence-corrected chi connectivity index (χ0v) is 12.2. The second-order valence-electron chi connectivity index (χ2n) is 4.54. The van der Waals surface area contributed by atoms with E-state index in [2.05, 4.69) is 6.92 Å². The molecule has 0 saturated heterocycles. The minimum atomic E-state index is -0.277. The van der Waals surface area contributed by atoms with E-state index in [9.17, 15) is 4.79 Å². The van der Waals surface area contributed by atoms with Crippen LogP contribution in [0, 0.1) is 0 Å². The van der Waals surface area contributed by atoms with Crippen LogP contribution in [0.1, 0.15) is 48.5 Å². The first-order valence-electron chi connectivity index (χ1n) is 6.68. The zero-order chi connectivity index (χ0) is 14.1. The van der Waals surface area contributed by atoms with Gasteiger partial charge < -0.3 is 10.5 Å². The molecule has 0 bridgehead atoms. The average molecular weight is 279 g/mol. The van der Waals surface area contributed by atoms with E-state index in [1.807, 2.05) is 12.1 Å². The van der Waals surface area contributed by atoms with E-state index in [4.69, 9.17) is 22.7 Å². The van der Waals surface area contributed by atoms with E-state index in [1.165, 1.54) is 12.8 Å². The van der Waals surface area contributed by atoms with Crippen molar-refractivity contribution in [2.45, 2.75) is 39.0 Å². The molecule has 0 fully saturated rings. The Morgan fingerprint density at radius 3 is 2.79 bits per heavy atom. The summed E-state index contributed by atoms with van der Waals surface area (Å²) in [4.78, 5) is 12.3. The standard InChI is InChI=1S/C15H21NO2S/c1-2-3-4-5-9-18-15(17)13-8-6-7-12(10-13)11-14(16)19/h6-8,10H,2-5,9,11H2,1H3,(H2,16,19). The van der Waals surface area contributed by atoms with Crippen molar-refractivity contribution in [3.8, 4) is 0 Å². The molecular formula is C15H21NO2S. The van der Waals surface area contributed by atoms with Crippen molar-refractivity contribution in [3.63, 3.8) is 0 Å². The van der Waals surface area contributed by atoms with Crippen LogP contribution in [0.15, 0.2) is 24.3 Å². The smallest absolute Gasteiger partial charge is 0.338 e. The van der Waals surface area contributed by atoms with Gasteiger partial charge in [0.25, 0.3) is 0 Å². The highest BCUT2D eigenvalue weighted by molar-refractivity contribution is 7.80. The number of esters is 1. The van der Waals surface area contributed by atoms with E-state index < -0.39 is 0 Å². The summed E-state index contributed by atoms with van der Waals surface area (Å²) >= 11 is 4.86. The normalized spacial score (nSPS) is 10.2. The number of hydrogen-bond acceptors (Lipinski definition) is 3. The number of thiocarbonyl (C=S) groups is 1. The Morgan fingerprint density at radius 1 is 1.32 bits per heavy atom. The van der Waals surface area contributed by atoms with Crippen LogP contribution in [0.25, 0.3) is 0 Å². The van der Waals surface area contributed by atoms with Gasteiger partial charge in [0, 0.05) is 6.42 Å². The van der Waals surface area contributed by atoms with Gasteiger partial charge in [-0.1, -0.05) is 50.5 Å². The first-order valence-corrected chi connectivity index (χ1v) is 7.08. The molecule has 19 heavy (non-hydrogen) atoms. The number of benzene rings is 1. The summed E-state index contributed by atoms with van der Waals surface area (Å²) in [7, 11) is 0. The largest absolute Gasteiger partial charge is 0.462 e. The molecule has 1 aromatic rings. The molecule has 0 atom stereocenters. The number of nitrogens with two attached hydrogens (primary N) is 1. The lowest BCUT2D eigenvalue weighted by Gasteiger charge is -2.06. The van der Waals surface area contributed by atoms with Gasteiger partial charge in [-0.3, -0.25) is 0 Å². The first kappa shape index (κ1) is 15.6. The third-order valence-electron chi connectivity index (χ3n) is 2.77. The molecule has 0 heterocycles. The van der Waals surface area contributed by atoms with Gasteiger partial charge in [-0.15, -0.1) is 0 Å². The topological polar surface area (TPSA) is 52.3 Å². The van der Waals surface area contributed by atoms with Crippen LogP contribution < -0.4 is 5.73 Å². The Bertz CT molecular complexity index is 432. The van der Waals surface area contributed by atoms with Crippen molar-refractivity contribution in [3.05, 3.63) is 35.4 Å². The predicted octanol–water partition coefficient (Wildman–Crippen LogP) is 3.25. The lowest BCUT2D eigenvalue weighted by Crippen LogP contribution is -2.12. The van der Waals surface area contributed by atoms with Gasteiger partial charge in [-0.05, 0) is 24.1 Å². The molecule has 1 rings (SSSR count). The number of rotatable bonds is 8. The summed E-state index contributed by atoms with van der Waals surface area (Å²) in [6.07, 6.45) is 4.89. The number of carbonyl (C=O) groups is 1. The summed E-state index contributed by atoms with van der Waals surface area (Å²) in [6.45, 7) is 2.64. The third kappa shape index (κ3) is 6.34. The maximum atomic E-state index is 11.8. The van der Waals surface area contributed by atoms with Crippen molar-refractivity contribution in [1.29, 1.82) is 0 Å². The van der Waals surface area contributed by atoms with Gasteiger partial charge in [0.15, 0.2) is 0 Å². The molecule has 0 spiro atoms. The van der Waals surface area contributed by atoms with Gasteiger partial charge >= 0.3 is 5.97 Å². The van der Waals surface area contributed by atoms with E-state index in [1.54, 1.807) is 12.1 Å². The second-order valence-corrected chi connectivity index (χ2v) is 5.06. The molecule has 0 unspecified atom stereocenters. The number of ether oxygens (including phenoxy) is 1. The van der Waals surface area contributed by atoms with Crippen molar-refractivity contribution < 1.29 is 9.53 Å². The lowest BCUT2D eigenvalue weighted by atomic mass is 10.1. The van der Waals surface area contributed by atoms with E-state index in [0.717, 1.165) is 18.4 Å². The van der Waals surface area contributed by atoms with Crippen LogP contribution in [-0.4, -0.2) is 17.6 Å². The van der Waals surface area contributed by atoms with Gasteiger partial charge in [0.05, 0.1) is 17.2 Å². The molecule has 0 aliphatic carbocycles. The highest BCUT2D eigenvalue weighted by Crippen LogP contribution is 2.08. The summed E-state index contributed by atoms with van der Waals surface area (Å²) in [5.41, 5.74) is 6.99. The molecule has 2 N–H and O–H groups in total. The predicted molar refractivity (Wildman–Crippen MR) is 81.4 cm³/mol. The van der Waals surface area contributed by atoms with Crippen LogP contribution in [0.5, 0.6) is 0 Å². The summed E-state index contributed by atoms with van der Waals surface area (Å²) in [5.74, 6) is -0.277. The fourth-order valence-corrected chi connectivity index (χ4v) is 1.95. The van der Waals surface area contributed by atoms with Crippen molar-refractivity contribution in [2.75, 3.05) is 6.61 Å². The highest BCUT2D eigenvalue weighted by Gasteiger charge is 2.07. The van der Waals surface area contributed by atoms with Gasteiger partial charge in [0.1, 0.15) is 0 Å². The van der Waals surface area contributed by atoms with E-state index in [-0.39, 0.29) is 5.97 Å². The highest BCUT2D eigenvalue weighted by atomic mass is 32.1. The summed E-state index contributed by atoms with van der Waals surface area (Å²) in [6, 6.07) is 7.25. The van der Waals surface area contributed by atoms with Crippen LogP contribution in [0.2, 0.25) is 0 Å². The van der Waals surface area contributed by atoms with Crippen LogP contribution >= 0.6 is 12.2 Å². The number of unbranched alkanes of at least 4 members (excludes halogenated alkanes) is 3. The summed E-state index contributed by atoms with van der Waals surface area (Å²) < 4.78 is 5.23. The Kier molecular flexibility index (Phi) is 7.11. The molecule has 104 valence electrons.